The van der Waals surface area contributed by atoms with E-state index < -0.39 is 29.5 Å². The molecule has 1 aromatic heterocycles. The monoisotopic (exact) mass is 517 g/mol. The van der Waals surface area contributed by atoms with Crippen molar-refractivity contribution in [3.8, 4) is 0 Å². The number of hydrogen-bond donors (Lipinski definition) is 3. The summed E-state index contributed by atoms with van der Waals surface area (Å²) in [5, 5.41) is 10.2. The Morgan fingerprint density at radius 3 is 2.62 bits per heavy atom. The molecule has 196 valence electrons. The number of hydrogen-bond acceptors (Lipinski definition) is 6. The minimum atomic E-state index is -4.79. The van der Waals surface area contributed by atoms with Crippen LogP contribution in [0.1, 0.15) is 53.2 Å². The second-order valence-electron chi connectivity index (χ2n) is 9.39. The Labute approximate surface area is 211 Å². The van der Waals surface area contributed by atoms with Gasteiger partial charge < -0.3 is 20.7 Å². The number of halogens is 4. The summed E-state index contributed by atoms with van der Waals surface area (Å²) >= 11 is 0. The minimum absolute atomic E-state index is 0.210. The number of ether oxygens (including phenoxy) is 1. The van der Waals surface area contributed by atoms with E-state index in [4.69, 9.17) is 4.74 Å². The molecule has 0 bridgehead atoms. The molecule has 7 nitrogen and oxygen atoms in total. The van der Waals surface area contributed by atoms with Gasteiger partial charge in [-0.05, 0) is 62.1 Å². The third kappa shape index (κ3) is 5.83. The Kier molecular flexibility index (Phi) is 7.25. The quantitative estimate of drug-likeness (QED) is 0.415. The van der Waals surface area contributed by atoms with Gasteiger partial charge in [0.25, 0.3) is 5.91 Å². The third-order valence-corrected chi connectivity index (χ3v) is 6.84. The number of carbonyl (C=O) groups is 1. The Balaban J connectivity index is 1.38. The number of amides is 1. The van der Waals surface area contributed by atoms with Crippen molar-refractivity contribution in [2.45, 2.75) is 50.0 Å². The fraction of sp³-hybridized carbons (Fsp3) is 0.423. The van der Waals surface area contributed by atoms with E-state index in [1.54, 1.807) is 24.4 Å². The van der Waals surface area contributed by atoms with Crippen molar-refractivity contribution in [1.82, 2.24) is 20.6 Å². The molecule has 2 aliphatic rings. The lowest BCUT2D eigenvalue weighted by Crippen LogP contribution is -2.41. The SMILES string of the molecule is O=C(N[C@@H](c1ccc(C(F)(F)F)c(F)c1)[C@@H]1CCCN1)c1ccc2cnc(NC3CCOCC3)nc2c1. The molecule has 3 N–H and O–H groups in total. The van der Waals surface area contributed by atoms with E-state index in [0.717, 1.165) is 36.8 Å². The number of aromatic nitrogens is 2. The van der Waals surface area contributed by atoms with Crippen molar-refractivity contribution in [2.75, 3.05) is 25.1 Å². The van der Waals surface area contributed by atoms with Crippen molar-refractivity contribution < 1.29 is 27.1 Å². The maximum atomic E-state index is 14.4. The van der Waals surface area contributed by atoms with E-state index in [9.17, 15) is 22.4 Å². The summed E-state index contributed by atoms with van der Waals surface area (Å²) in [5.41, 5.74) is -0.156. The second-order valence-corrected chi connectivity index (χ2v) is 9.39. The van der Waals surface area contributed by atoms with Gasteiger partial charge in [0.2, 0.25) is 5.95 Å². The predicted molar refractivity (Wildman–Crippen MR) is 130 cm³/mol. The van der Waals surface area contributed by atoms with Crippen LogP contribution in [0.25, 0.3) is 10.9 Å². The molecule has 0 aliphatic carbocycles. The Morgan fingerprint density at radius 2 is 1.92 bits per heavy atom. The zero-order chi connectivity index (χ0) is 26.0. The molecule has 0 saturated carbocycles. The largest absolute Gasteiger partial charge is 0.419 e. The molecule has 2 atom stereocenters. The molecule has 3 aromatic rings. The molecule has 3 heterocycles. The van der Waals surface area contributed by atoms with Crippen molar-refractivity contribution in [3.63, 3.8) is 0 Å². The molecule has 0 radical (unpaired) electrons. The first-order chi connectivity index (χ1) is 17.8. The zero-order valence-electron chi connectivity index (χ0n) is 19.9. The highest BCUT2D eigenvalue weighted by molar-refractivity contribution is 5.98. The highest BCUT2D eigenvalue weighted by Crippen LogP contribution is 2.33. The van der Waals surface area contributed by atoms with Gasteiger partial charge in [0.05, 0.1) is 17.1 Å². The van der Waals surface area contributed by atoms with Crippen LogP contribution in [-0.4, -0.2) is 47.7 Å². The molecule has 2 aliphatic heterocycles. The van der Waals surface area contributed by atoms with E-state index in [0.29, 0.717) is 43.2 Å². The van der Waals surface area contributed by atoms with Gasteiger partial charge >= 0.3 is 6.18 Å². The number of anilines is 1. The predicted octanol–water partition coefficient (Wildman–Crippen LogP) is 4.60. The highest BCUT2D eigenvalue weighted by atomic mass is 19.4. The summed E-state index contributed by atoms with van der Waals surface area (Å²) in [6, 6.07) is 7.08. The molecule has 11 heteroatoms. The molecule has 0 unspecified atom stereocenters. The molecular weight excluding hydrogens is 490 g/mol. The number of nitrogens with one attached hydrogen (secondary N) is 3. The Bertz CT molecular complexity index is 1270. The fourth-order valence-corrected chi connectivity index (χ4v) is 4.85. The molecule has 0 spiro atoms. The number of carbonyl (C=O) groups excluding carboxylic acids is 1. The molecule has 2 saturated heterocycles. The topological polar surface area (TPSA) is 88.2 Å². The van der Waals surface area contributed by atoms with Crippen molar-refractivity contribution in [3.05, 3.63) is 65.1 Å². The third-order valence-electron chi connectivity index (χ3n) is 6.84. The molecule has 5 rings (SSSR count). The maximum absolute atomic E-state index is 14.4. The van der Waals surface area contributed by atoms with Gasteiger partial charge in [0.1, 0.15) is 5.82 Å². The van der Waals surface area contributed by atoms with E-state index in [1.165, 1.54) is 6.07 Å². The molecule has 2 fully saturated rings. The van der Waals surface area contributed by atoms with E-state index >= 15 is 0 Å². The van der Waals surface area contributed by atoms with Gasteiger partial charge in [-0.25, -0.2) is 14.4 Å². The standard InChI is InChI=1S/C26H27F4N5O2/c27-20-12-15(5-6-19(20)26(28,29)30)23(21-2-1-9-31-21)35-24(36)16-3-4-17-14-32-25(34-22(17)13-16)33-18-7-10-37-11-8-18/h3-6,12-14,18,21,23,31H,1-2,7-11H2,(H,35,36)(H,32,33,34)/t21-,23-/m0/s1. The second kappa shape index (κ2) is 10.6. The Hall–Kier alpha value is -3.31. The normalized spacial score (nSPS) is 19.6. The lowest BCUT2D eigenvalue weighted by Gasteiger charge is -2.26. The number of alkyl halides is 3. The van der Waals surface area contributed by atoms with Crippen molar-refractivity contribution in [1.29, 1.82) is 0 Å². The van der Waals surface area contributed by atoms with Crippen LogP contribution in [0.3, 0.4) is 0 Å². The number of benzene rings is 2. The summed E-state index contributed by atoms with van der Waals surface area (Å²) in [6.07, 6.45) is 0.131. The van der Waals surface area contributed by atoms with Crippen LogP contribution < -0.4 is 16.0 Å². The first-order valence-corrected chi connectivity index (χ1v) is 12.3. The van der Waals surface area contributed by atoms with Crippen LogP contribution in [0.15, 0.2) is 42.6 Å². The molecule has 2 aromatic carbocycles. The summed E-state index contributed by atoms with van der Waals surface area (Å²) in [6.45, 7) is 2.06. The number of nitrogens with zero attached hydrogens (tertiary/aromatic N) is 2. The summed E-state index contributed by atoms with van der Waals surface area (Å²) in [5.74, 6) is -1.34. The fourth-order valence-electron chi connectivity index (χ4n) is 4.85. The van der Waals surface area contributed by atoms with Gasteiger partial charge in [-0.3, -0.25) is 4.79 Å². The Morgan fingerprint density at radius 1 is 1.11 bits per heavy atom. The summed E-state index contributed by atoms with van der Waals surface area (Å²) in [4.78, 5) is 22.2. The van der Waals surface area contributed by atoms with Crippen LogP contribution in [0.4, 0.5) is 23.5 Å². The van der Waals surface area contributed by atoms with E-state index in [2.05, 4.69) is 25.9 Å². The van der Waals surface area contributed by atoms with Crippen LogP contribution in [-0.2, 0) is 10.9 Å². The van der Waals surface area contributed by atoms with Crippen LogP contribution in [0.2, 0.25) is 0 Å². The first kappa shape index (κ1) is 25.3. The average Bonchev–Trinajstić information content (AvgIpc) is 3.41. The molecular formula is C26H27F4N5O2. The maximum Gasteiger partial charge on any atom is 0.419 e. The minimum Gasteiger partial charge on any atom is -0.381 e. The van der Waals surface area contributed by atoms with Gasteiger partial charge in [-0.15, -0.1) is 0 Å². The summed E-state index contributed by atoms with van der Waals surface area (Å²) in [7, 11) is 0. The molecule has 1 amide bonds. The average molecular weight is 518 g/mol. The van der Waals surface area contributed by atoms with E-state index in [-0.39, 0.29) is 17.6 Å². The zero-order valence-corrected chi connectivity index (χ0v) is 19.9. The lowest BCUT2D eigenvalue weighted by molar-refractivity contribution is -0.140. The van der Waals surface area contributed by atoms with Crippen molar-refractivity contribution in [2.24, 2.45) is 0 Å². The first-order valence-electron chi connectivity index (χ1n) is 12.3. The van der Waals surface area contributed by atoms with Gasteiger partial charge in [0, 0.05) is 42.4 Å². The van der Waals surface area contributed by atoms with Gasteiger partial charge in [-0.1, -0.05) is 12.1 Å². The lowest BCUT2D eigenvalue weighted by atomic mass is 9.96. The highest BCUT2D eigenvalue weighted by Gasteiger charge is 2.35. The van der Waals surface area contributed by atoms with E-state index in [1.807, 2.05) is 0 Å². The van der Waals surface area contributed by atoms with Gasteiger partial charge in [0.15, 0.2) is 0 Å². The molecule has 37 heavy (non-hydrogen) atoms. The van der Waals surface area contributed by atoms with Crippen molar-refractivity contribution >= 4 is 22.8 Å². The summed E-state index contributed by atoms with van der Waals surface area (Å²) < 4.78 is 58.9. The number of rotatable bonds is 6. The van der Waals surface area contributed by atoms with Crippen LogP contribution >= 0.6 is 0 Å². The smallest absolute Gasteiger partial charge is 0.381 e. The number of fused-ring (bicyclic) bond motifs is 1. The van der Waals surface area contributed by atoms with Crippen LogP contribution in [0, 0.1) is 5.82 Å². The van der Waals surface area contributed by atoms with Gasteiger partial charge in [-0.2, -0.15) is 13.2 Å². The van der Waals surface area contributed by atoms with Crippen LogP contribution in [0.5, 0.6) is 0 Å².